The molecule has 0 saturated heterocycles. The molecule has 0 heterocycles. The molecule has 0 aliphatic heterocycles. The van der Waals surface area contributed by atoms with Crippen LogP contribution >= 0.6 is 0 Å². The van der Waals surface area contributed by atoms with Crippen LogP contribution < -0.4 is 0 Å². The van der Waals surface area contributed by atoms with Crippen molar-refractivity contribution in [3.63, 3.8) is 0 Å². The van der Waals surface area contributed by atoms with E-state index in [0.717, 1.165) is 12.9 Å². The Hall–Kier alpha value is -0.668. The summed E-state index contributed by atoms with van der Waals surface area (Å²) < 4.78 is 6.89. The van der Waals surface area contributed by atoms with Crippen LogP contribution in [0.3, 0.4) is 0 Å². The number of hydrogen-bond acceptors (Lipinski definition) is 6. The summed E-state index contributed by atoms with van der Waals surface area (Å²) in [5.74, 6) is 0. The fraction of sp³-hybridized carbons (Fsp3) is 0. The van der Waals surface area contributed by atoms with Gasteiger partial charge in [-0.3, -0.25) is 0 Å². The van der Waals surface area contributed by atoms with Gasteiger partial charge in [0.25, 0.3) is 0 Å². The first-order chi connectivity index (χ1) is 4.83. The van der Waals surface area contributed by atoms with Crippen LogP contribution in [0.5, 0.6) is 0 Å². The molecule has 0 fully saturated rings. The van der Waals surface area contributed by atoms with Crippen molar-refractivity contribution < 1.29 is 50.2 Å². The van der Waals surface area contributed by atoms with Gasteiger partial charge in [0.1, 0.15) is 0 Å². The van der Waals surface area contributed by atoms with Gasteiger partial charge in [0.2, 0.25) is 0 Å². The fourth-order valence-corrected chi connectivity index (χ4v) is 0.0417. The number of rotatable bonds is 4. The Balaban J connectivity index is -0.000000107. The summed E-state index contributed by atoms with van der Waals surface area (Å²) in [6, 6.07) is 0. The summed E-state index contributed by atoms with van der Waals surface area (Å²) in [4.78, 5) is 17.8. The van der Waals surface area contributed by atoms with Gasteiger partial charge in [-0.1, -0.05) is 0 Å². The van der Waals surface area contributed by atoms with Gasteiger partial charge < -0.3 is 29.9 Å². The topological polar surface area (TPSA) is 100 Å². The van der Waals surface area contributed by atoms with Crippen LogP contribution in [-0.4, -0.2) is 25.7 Å². The molecule has 0 rings (SSSR count). The quantitative estimate of drug-likeness (QED) is 0.376. The third-order valence-electron chi connectivity index (χ3n) is 0.185. The summed E-state index contributed by atoms with van der Waals surface area (Å²) in [6.45, 7) is 1.94. The summed E-state index contributed by atoms with van der Waals surface area (Å²) in [5.41, 5.74) is 0. The summed E-state index contributed by atoms with van der Waals surface area (Å²) in [6.07, 6.45) is 2.69. The van der Waals surface area contributed by atoms with Gasteiger partial charge in [0.05, 0.1) is 0 Å². The van der Waals surface area contributed by atoms with Crippen LogP contribution in [0.1, 0.15) is 0 Å². The van der Waals surface area contributed by atoms with Gasteiger partial charge in [-0.25, -0.2) is 12.8 Å². The average Bonchev–Trinajstić information content (AvgIpc) is 1.93. The second-order valence-corrected chi connectivity index (χ2v) is 0.575. The molecule has 0 aliphatic rings. The normalized spacial score (nSPS) is 5.09. The number of hydrogen-bond donors (Lipinski definition) is 2. The molecule has 0 amide bonds. The molecule has 6 nitrogen and oxygen atoms in total. The third-order valence-corrected chi connectivity index (χ3v) is 0.185. The molecule has 11 heavy (non-hydrogen) atoms. The molecule has 0 aliphatic carbocycles. The van der Waals surface area contributed by atoms with E-state index in [-0.39, 0.29) is 31.1 Å². The van der Waals surface area contributed by atoms with Gasteiger partial charge in [0.15, 0.2) is 0 Å². The maximum absolute atomic E-state index is 8.88. The molecule has 0 unspecified atom stereocenters. The minimum atomic E-state index is 0. The smallest absolute Gasteiger partial charge is 0.797 e. The van der Waals surface area contributed by atoms with Gasteiger partial charge in [0, 0.05) is 0 Å². The first-order valence-corrected chi connectivity index (χ1v) is 1.72. The van der Waals surface area contributed by atoms with Crippen molar-refractivity contribution in [3.05, 3.63) is 0 Å². The van der Waals surface area contributed by atoms with E-state index < -0.39 is 0 Å². The van der Waals surface area contributed by atoms with Gasteiger partial charge in [-0.2, -0.15) is 0 Å². The number of nitrogens with one attached hydrogen (secondary N) is 2. The third kappa shape index (κ3) is 45.2. The maximum atomic E-state index is 8.88. The van der Waals surface area contributed by atoms with E-state index in [9.17, 15) is 0 Å². The summed E-state index contributed by atoms with van der Waals surface area (Å²) in [7, 11) is 0. The summed E-state index contributed by atoms with van der Waals surface area (Å²) in [5, 5.41) is 11.7. The molecular formula is C4H2N2O4U. The van der Waals surface area contributed by atoms with Crippen LogP contribution in [0.4, 0.5) is 0 Å². The van der Waals surface area contributed by atoms with Crippen molar-refractivity contribution >= 4 is 25.7 Å². The predicted octanol–water partition coefficient (Wildman–Crippen LogP) is -0.891. The molecule has 0 spiro atoms. The largest absolute Gasteiger partial charge is 4.00 e. The monoisotopic (exact) mass is 380 g/mol. The standard InChI is InChI=1S/2C2HNO2.U/c2*3-1-5-2-4;/h2*3H;/q2*-2;+4. The second kappa shape index (κ2) is 22.8. The molecule has 0 saturated carbocycles. The molecule has 7 heteroatoms. The predicted molar refractivity (Wildman–Crippen MR) is 29.0 cm³/mol. The van der Waals surface area contributed by atoms with Crippen LogP contribution in [0.2, 0.25) is 0 Å². The first kappa shape index (κ1) is 16.7. The molecule has 56 valence electrons. The Morgan fingerprint density at radius 1 is 0.909 bits per heavy atom. The van der Waals surface area contributed by atoms with Crippen molar-refractivity contribution in [2.75, 3.05) is 0 Å². The molecule has 0 aromatic heterocycles. The van der Waals surface area contributed by atoms with Gasteiger partial charge in [-0.15, -0.1) is 12.9 Å². The zero-order chi connectivity index (χ0) is 8.24. The van der Waals surface area contributed by atoms with Crippen LogP contribution in [0, 0.1) is 41.9 Å². The van der Waals surface area contributed by atoms with E-state index in [1.54, 1.807) is 0 Å². The Labute approximate surface area is 86.6 Å². The molecule has 0 bridgehead atoms. The Morgan fingerprint density at radius 2 is 1.18 bits per heavy atom. The van der Waals surface area contributed by atoms with Crippen molar-refractivity contribution in [2.45, 2.75) is 0 Å². The average molecular weight is 380 g/mol. The number of ether oxygens (including phenoxy) is 2. The number of carbonyl (C=O) groups excluding carboxylic acids is 2. The molecule has 0 atom stereocenters. The van der Waals surface area contributed by atoms with Crippen LogP contribution in [0.25, 0.3) is 0 Å². The van der Waals surface area contributed by atoms with E-state index >= 15 is 0 Å². The van der Waals surface area contributed by atoms with Crippen molar-refractivity contribution in [1.29, 1.82) is 10.8 Å². The zero-order valence-electron chi connectivity index (χ0n) is 5.13. The van der Waals surface area contributed by atoms with Gasteiger partial charge in [-0.05, 0) is 0 Å². The minimum absolute atomic E-state index is 0. The molecule has 2 N–H and O–H groups in total. The maximum Gasteiger partial charge on any atom is 4.00 e. The van der Waals surface area contributed by atoms with Crippen LogP contribution in [-0.2, 0) is 19.1 Å². The minimum Gasteiger partial charge on any atom is -0.797 e. The Morgan fingerprint density at radius 3 is 1.18 bits per heavy atom. The van der Waals surface area contributed by atoms with Crippen molar-refractivity contribution in [2.24, 2.45) is 0 Å². The fourth-order valence-electron chi connectivity index (χ4n) is 0.0417. The molecule has 0 aromatic rings. The van der Waals surface area contributed by atoms with E-state index in [1.165, 1.54) is 12.8 Å². The Kier molecular flexibility index (Phi) is 34.7. The SMILES string of the molecule is N=[C-]O[C-]=O.N=[C-]O[C-]=O.[U+4]. The van der Waals surface area contributed by atoms with Crippen LogP contribution in [0.15, 0.2) is 0 Å². The van der Waals surface area contributed by atoms with E-state index in [4.69, 9.17) is 20.4 Å². The Bertz CT molecular complexity index is 92.7. The van der Waals surface area contributed by atoms with E-state index in [1.807, 2.05) is 0 Å². The van der Waals surface area contributed by atoms with E-state index in [0.29, 0.717) is 0 Å². The second-order valence-electron chi connectivity index (χ2n) is 0.575. The van der Waals surface area contributed by atoms with E-state index in [2.05, 4.69) is 9.47 Å². The first-order valence-electron chi connectivity index (χ1n) is 1.72. The molecular weight excluding hydrogens is 378 g/mol. The van der Waals surface area contributed by atoms with Crippen molar-refractivity contribution in [3.8, 4) is 0 Å². The molecule has 0 radical (unpaired) electrons. The molecule has 0 aromatic carbocycles. The summed E-state index contributed by atoms with van der Waals surface area (Å²) >= 11 is 0. The van der Waals surface area contributed by atoms with Crippen molar-refractivity contribution in [1.82, 2.24) is 0 Å². The van der Waals surface area contributed by atoms with Gasteiger partial charge >= 0.3 is 31.1 Å². The zero-order valence-corrected chi connectivity index (χ0v) is 9.30.